The molecule has 1 aliphatic rings. The minimum absolute atomic E-state index is 0.218. The molecule has 2 heterocycles. The molecule has 3 aromatic rings. The van der Waals surface area contributed by atoms with Crippen LogP contribution in [-0.4, -0.2) is 19.6 Å². The van der Waals surface area contributed by atoms with Gasteiger partial charge in [-0.15, -0.1) is 5.10 Å². The second-order valence-corrected chi connectivity index (χ2v) is 5.92. The Morgan fingerprint density at radius 2 is 2.13 bits per heavy atom. The van der Waals surface area contributed by atoms with E-state index in [9.17, 15) is 4.39 Å². The predicted molar refractivity (Wildman–Crippen MR) is 86.6 cm³/mol. The lowest BCUT2D eigenvalue weighted by atomic mass is 10.2. The Balaban J connectivity index is 1.86. The van der Waals surface area contributed by atoms with E-state index in [-0.39, 0.29) is 5.82 Å². The zero-order valence-corrected chi connectivity index (χ0v) is 13.2. The van der Waals surface area contributed by atoms with Crippen LogP contribution in [0.25, 0.3) is 5.78 Å². The van der Waals surface area contributed by atoms with Gasteiger partial charge in [0.25, 0.3) is 5.78 Å². The molecule has 0 aliphatic heterocycles. The van der Waals surface area contributed by atoms with Gasteiger partial charge in [0.2, 0.25) is 0 Å². The second-order valence-electron chi connectivity index (χ2n) is 5.92. The van der Waals surface area contributed by atoms with E-state index in [1.807, 2.05) is 13.0 Å². The molecule has 23 heavy (non-hydrogen) atoms. The lowest BCUT2D eigenvalue weighted by Gasteiger charge is -2.13. The maximum atomic E-state index is 13.8. The van der Waals surface area contributed by atoms with E-state index in [4.69, 9.17) is 0 Å². The molecule has 1 aliphatic carbocycles. The molecule has 0 bridgehead atoms. The van der Waals surface area contributed by atoms with Gasteiger partial charge in [0.15, 0.2) is 5.82 Å². The maximum absolute atomic E-state index is 13.8. The van der Waals surface area contributed by atoms with Crippen molar-refractivity contribution >= 4 is 17.3 Å². The average molecular weight is 311 g/mol. The van der Waals surface area contributed by atoms with Gasteiger partial charge in [-0.1, -0.05) is 13.0 Å². The van der Waals surface area contributed by atoms with Crippen molar-refractivity contribution in [2.45, 2.75) is 39.5 Å². The lowest BCUT2D eigenvalue weighted by molar-refractivity contribution is 0.619. The van der Waals surface area contributed by atoms with E-state index < -0.39 is 0 Å². The highest BCUT2D eigenvalue weighted by Crippen LogP contribution is 2.30. The molecule has 0 amide bonds. The summed E-state index contributed by atoms with van der Waals surface area (Å²) in [6, 6.07) is 5.17. The summed E-state index contributed by atoms with van der Waals surface area (Å²) < 4.78 is 15.6. The molecule has 0 saturated heterocycles. The Morgan fingerprint density at radius 1 is 1.26 bits per heavy atom. The first-order valence-electron chi connectivity index (χ1n) is 7.96. The van der Waals surface area contributed by atoms with Crippen molar-refractivity contribution in [3.8, 4) is 0 Å². The van der Waals surface area contributed by atoms with Crippen LogP contribution in [0.2, 0.25) is 0 Å². The van der Waals surface area contributed by atoms with Gasteiger partial charge in [-0.2, -0.15) is 9.50 Å². The summed E-state index contributed by atoms with van der Waals surface area (Å²) in [6.07, 6.45) is 3.74. The second kappa shape index (κ2) is 5.30. The van der Waals surface area contributed by atoms with Crippen LogP contribution in [0.15, 0.2) is 18.2 Å². The third-order valence-electron chi connectivity index (χ3n) is 4.31. The molecule has 2 aromatic heterocycles. The minimum Gasteiger partial charge on any atom is -0.340 e. The number of fused-ring (bicyclic) bond motifs is 2. The zero-order valence-electron chi connectivity index (χ0n) is 13.2. The van der Waals surface area contributed by atoms with Crippen LogP contribution in [0.5, 0.6) is 0 Å². The number of hydrogen-bond donors (Lipinski definition) is 1. The van der Waals surface area contributed by atoms with Crippen LogP contribution < -0.4 is 5.32 Å². The predicted octanol–water partition coefficient (Wildman–Crippen LogP) is 3.37. The Bertz CT molecular complexity index is 900. The van der Waals surface area contributed by atoms with Crippen molar-refractivity contribution in [1.82, 2.24) is 19.6 Å². The Morgan fingerprint density at radius 3 is 2.91 bits per heavy atom. The molecule has 0 spiro atoms. The quantitative estimate of drug-likeness (QED) is 0.806. The highest BCUT2D eigenvalue weighted by Gasteiger charge is 2.22. The van der Waals surface area contributed by atoms with E-state index in [1.54, 1.807) is 17.5 Å². The minimum atomic E-state index is -0.218. The summed E-state index contributed by atoms with van der Waals surface area (Å²) in [7, 11) is 0. The Labute approximate surface area is 133 Å². The number of anilines is 2. The number of hydrogen-bond acceptors (Lipinski definition) is 4. The van der Waals surface area contributed by atoms with Crippen LogP contribution in [0.4, 0.5) is 15.9 Å². The van der Waals surface area contributed by atoms with Crippen LogP contribution >= 0.6 is 0 Å². The molecule has 4 rings (SSSR count). The molecule has 0 radical (unpaired) electrons. The molecule has 118 valence electrons. The lowest BCUT2D eigenvalue weighted by Crippen LogP contribution is -2.07. The molecular weight excluding hydrogens is 293 g/mol. The van der Waals surface area contributed by atoms with Crippen LogP contribution in [0.3, 0.4) is 0 Å². The SMILES string of the molecule is CCc1nc2nc3c(c(Nc4ccc(C)c(F)c4)n2n1)CCC3. The van der Waals surface area contributed by atoms with Gasteiger partial charge in [0.1, 0.15) is 11.6 Å². The molecular formula is C17H18FN5. The number of halogens is 1. The van der Waals surface area contributed by atoms with Crippen molar-refractivity contribution in [2.24, 2.45) is 0 Å². The summed E-state index contributed by atoms with van der Waals surface area (Å²) in [5.74, 6) is 2.01. The number of aryl methyl sites for hydroxylation is 3. The molecule has 5 nitrogen and oxygen atoms in total. The van der Waals surface area contributed by atoms with Crippen molar-refractivity contribution in [2.75, 3.05) is 5.32 Å². The molecule has 0 fully saturated rings. The van der Waals surface area contributed by atoms with Gasteiger partial charge in [0, 0.05) is 17.7 Å². The van der Waals surface area contributed by atoms with E-state index in [0.29, 0.717) is 17.0 Å². The van der Waals surface area contributed by atoms with Crippen molar-refractivity contribution in [1.29, 1.82) is 0 Å². The fraction of sp³-hybridized carbons (Fsp3) is 0.353. The van der Waals surface area contributed by atoms with Crippen LogP contribution in [-0.2, 0) is 19.3 Å². The number of nitrogens with one attached hydrogen (secondary N) is 1. The van der Waals surface area contributed by atoms with Crippen molar-refractivity contribution in [3.05, 3.63) is 46.7 Å². The van der Waals surface area contributed by atoms with E-state index in [0.717, 1.165) is 48.6 Å². The topological polar surface area (TPSA) is 55.1 Å². The number of aromatic nitrogens is 4. The molecule has 6 heteroatoms. The van der Waals surface area contributed by atoms with Gasteiger partial charge in [0.05, 0.1) is 5.69 Å². The number of rotatable bonds is 3. The molecule has 0 saturated carbocycles. The van der Waals surface area contributed by atoms with E-state index in [2.05, 4.69) is 20.4 Å². The van der Waals surface area contributed by atoms with Gasteiger partial charge >= 0.3 is 0 Å². The fourth-order valence-corrected chi connectivity index (χ4v) is 3.01. The van der Waals surface area contributed by atoms with Crippen molar-refractivity contribution in [3.63, 3.8) is 0 Å². The third-order valence-corrected chi connectivity index (χ3v) is 4.31. The smallest absolute Gasteiger partial charge is 0.254 e. The maximum Gasteiger partial charge on any atom is 0.254 e. The Kier molecular flexibility index (Phi) is 3.25. The van der Waals surface area contributed by atoms with E-state index >= 15 is 0 Å². The summed E-state index contributed by atoms with van der Waals surface area (Å²) in [6.45, 7) is 3.78. The van der Waals surface area contributed by atoms with Gasteiger partial charge < -0.3 is 5.32 Å². The first-order chi connectivity index (χ1) is 11.2. The first kappa shape index (κ1) is 14.1. The van der Waals surface area contributed by atoms with Gasteiger partial charge in [-0.25, -0.2) is 9.37 Å². The Hall–Kier alpha value is -2.50. The average Bonchev–Trinajstić information content (AvgIpc) is 3.16. The standard InChI is InChI=1S/C17H18FN5/c1-3-15-21-17-20-14-6-4-5-12(14)16(23(17)22-15)19-11-8-7-10(2)13(18)9-11/h7-9,19H,3-6H2,1-2H3. The summed E-state index contributed by atoms with van der Waals surface area (Å²) in [5, 5.41) is 7.86. The van der Waals surface area contributed by atoms with Crippen molar-refractivity contribution < 1.29 is 4.39 Å². The van der Waals surface area contributed by atoms with Crippen LogP contribution in [0, 0.1) is 12.7 Å². The fourth-order valence-electron chi connectivity index (χ4n) is 3.01. The highest BCUT2D eigenvalue weighted by atomic mass is 19.1. The molecule has 0 unspecified atom stereocenters. The van der Waals surface area contributed by atoms with Crippen LogP contribution in [0.1, 0.15) is 36.0 Å². The van der Waals surface area contributed by atoms with E-state index in [1.165, 1.54) is 6.07 Å². The molecule has 1 N–H and O–H groups in total. The molecule has 0 atom stereocenters. The number of nitrogens with zero attached hydrogens (tertiary/aromatic N) is 4. The summed E-state index contributed by atoms with van der Waals surface area (Å²) in [5.41, 5.74) is 3.58. The normalized spacial score (nSPS) is 13.5. The third kappa shape index (κ3) is 2.34. The summed E-state index contributed by atoms with van der Waals surface area (Å²) in [4.78, 5) is 9.10. The molecule has 1 aromatic carbocycles. The zero-order chi connectivity index (χ0) is 16.0. The van der Waals surface area contributed by atoms with Gasteiger partial charge in [-0.05, 0) is 43.9 Å². The van der Waals surface area contributed by atoms with Gasteiger partial charge in [-0.3, -0.25) is 0 Å². The first-order valence-corrected chi connectivity index (χ1v) is 7.96. The summed E-state index contributed by atoms with van der Waals surface area (Å²) >= 11 is 0. The largest absolute Gasteiger partial charge is 0.340 e. The number of benzene rings is 1. The highest BCUT2D eigenvalue weighted by molar-refractivity contribution is 5.64. The monoisotopic (exact) mass is 311 g/mol.